The Labute approximate surface area is 117 Å². The van der Waals surface area contributed by atoms with E-state index < -0.39 is 0 Å². The highest BCUT2D eigenvalue weighted by molar-refractivity contribution is 6.34. The highest BCUT2D eigenvalue weighted by Gasteiger charge is 2.08. The second kappa shape index (κ2) is 5.25. The van der Waals surface area contributed by atoms with Crippen LogP contribution in [0.25, 0.3) is 0 Å². The van der Waals surface area contributed by atoms with Crippen molar-refractivity contribution in [1.82, 2.24) is 9.97 Å². The molecule has 0 aliphatic heterocycles. The zero-order valence-electron chi connectivity index (χ0n) is 10.6. The van der Waals surface area contributed by atoms with Crippen molar-refractivity contribution in [2.75, 3.05) is 0 Å². The van der Waals surface area contributed by atoms with Crippen LogP contribution in [0.5, 0.6) is 0 Å². The number of hydrogen-bond donors (Lipinski definition) is 0. The van der Waals surface area contributed by atoms with E-state index >= 15 is 0 Å². The van der Waals surface area contributed by atoms with E-state index in [-0.39, 0.29) is 0 Å². The Morgan fingerprint density at radius 2 is 1.56 bits per heavy atom. The average molecular weight is 281 g/mol. The summed E-state index contributed by atoms with van der Waals surface area (Å²) in [7, 11) is 0. The lowest BCUT2D eigenvalue weighted by Crippen LogP contribution is -2.00. The Morgan fingerprint density at radius 1 is 0.944 bits per heavy atom. The van der Waals surface area contributed by atoms with Gasteiger partial charge in [0.15, 0.2) is 0 Å². The summed E-state index contributed by atoms with van der Waals surface area (Å²) in [4.78, 5) is 8.50. The maximum absolute atomic E-state index is 6.01. The van der Waals surface area contributed by atoms with Gasteiger partial charge in [-0.15, -0.1) is 0 Å². The van der Waals surface area contributed by atoms with Crippen molar-refractivity contribution >= 4 is 23.2 Å². The second-order valence-electron chi connectivity index (χ2n) is 4.44. The maximum atomic E-state index is 6.01. The normalized spacial score (nSPS) is 10.7. The fourth-order valence-corrected chi connectivity index (χ4v) is 2.10. The summed E-state index contributed by atoms with van der Waals surface area (Å²) in [5, 5.41) is 0.850. The molecule has 0 saturated heterocycles. The van der Waals surface area contributed by atoms with Crippen LogP contribution >= 0.6 is 23.2 Å². The molecule has 94 valence electrons. The van der Waals surface area contributed by atoms with Gasteiger partial charge in [0.25, 0.3) is 0 Å². The molecular weight excluding hydrogens is 267 g/mol. The van der Waals surface area contributed by atoms with Gasteiger partial charge in [-0.2, -0.15) is 0 Å². The first-order valence-corrected chi connectivity index (χ1v) is 6.47. The zero-order chi connectivity index (χ0) is 13.3. The van der Waals surface area contributed by atoms with Gasteiger partial charge in [0.2, 0.25) is 0 Å². The number of hydrogen-bond acceptors (Lipinski definition) is 2. The van der Waals surface area contributed by atoms with Gasteiger partial charge in [-0.25, -0.2) is 9.97 Å². The highest BCUT2D eigenvalue weighted by Crippen LogP contribution is 2.21. The number of aromatic nitrogens is 2. The number of aryl methyl sites for hydroxylation is 2. The van der Waals surface area contributed by atoms with Gasteiger partial charge in [0.05, 0.1) is 0 Å². The van der Waals surface area contributed by atoms with Crippen LogP contribution in [0.4, 0.5) is 0 Å². The highest BCUT2D eigenvalue weighted by atomic mass is 35.5. The molecular formula is C14H14Cl2N2. The molecule has 0 amide bonds. The lowest BCUT2D eigenvalue weighted by atomic mass is 10.0. The quantitative estimate of drug-likeness (QED) is 0.767. The fourth-order valence-electron chi connectivity index (χ4n) is 1.68. The van der Waals surface area contributed by atoms with Crippen LogP contribution in [0, 0.1) is 20.8 Å². The van der Waals surface area contributed by atoms with Crippen LogP contribution in [0.3, 0.4) is 0 Å². The third-order valence-corrected chi connectivity index (χ3v) is 3.74. The van der Waals surface area contributed by atoms with Crippen molar-refractivity contribution in [3.05, 3.63) is 56.6 Å². The molecule has 1 aromatic carbocycles. The average Bonchev–Trinajstić information content (AvgIpc) is 2.31. The van der Waals surface area contributed by atoms with Crippen molar-refractivity contribution in [2.45, 2.75) is 27.2 Å². The summed E-state index contributed by atoms with van der Waals surface area (Å²) in [5.74, 6) is 0.652. The van der Waals surface area contributed by atoms with Crippen LogP contribution in [0.1, 0.15) is 28.1 Å². The molecule has 0 bridgehead atoms. The number of rotatable bonds is 2. The first kappa shape index (κ1) is 13.3. The van der Waals surface area contributed by atoms with Crippen molar-refractivity contribution < 1.29 is 0 Å². The minimum atomic E-state index is 0.425. The Morgan fingerprint density at radius 3 is 2.11 bits per heavy atom. The monoisotopic (exact) mass is 280 g/mol. The summed E-state index contributed by atoms with van der Waals surface area (Å²) in [6.07, 6.45) is 0.640. The summed E-state index contributed by atoms with van der Waals surface area (Å²) >= 11 is 12.0. The van der Waals surface area contributed by atoms with Crippen molar-refractivity contribution in [2.24, 2.45) is 0 Å². The minimum Gasteiger partial charge on any atom is -0.220 e. The molecule has 2 aromatic rings. The molecule has 4 heteroatoms. The van der Waals surface area contributed by atoms with Crippen LogP contribution in [0.15, 0.2) is 18.2 Å². The lowest BCUT2D eigenvalue weighted by Gasteiger charge is -2.06. The number of halogens is 2. The molecule has 0 atom stereocenters. The number of nitrogens with zero attached hydrogens (tertiary/aromatic N) is 2. The molecule has 0 unspecified atom stereocenters. The van der Waals surface area contributed by atoms with Crippen molar-refractivity contribution in [3.8, 4) is 0 Å². The van der Waals surface area contributed by atoms with E-state index in [0.717, 1.165) is 11.1 Å². The molecule has 0 saturated carbocycles. The summed E-state index contributed by atoms with van der Waals surface area (Å²) in [6.45, 7) is 5.99. The largest absolute Gasteiger partial charge is 0.220 e. The van der Waals surface area contributed by atoms with E-state index in [2.05, 4.69) is 42.0 Å². The van der Waals surface area contributed by atoms with E-state index in [1.165, 1.54) is 11.1 Å². The van der Waals surface area contributed by atoms with Gasteiger partial charge in [-0.3, -0.25) is 0 Å². The van der Waals surface area contributed by atoms with Gasteiger partial charge in [0, 0.05) is 12.0 Å². The summed E-state index contributed by atoms with van der Waals surface area (Å²) in [5.41, 5.74) is 4.42. The molecule has 0 radical (unpaired) electrons. The molecule has 0 N–H and O–H groups in total. The second-order valence-corrected chi connectivity index (χ2v) is 5.16. The van der Waals surface area contributed by atoms with Gasteiger partial charge in [-0.1, -0.05) is 41.4 Å². The molecule has 2 nitrogen and oxygen atoms in total. The standard InChI is InChI=1S/C14H14Cl2N2/c1-8-4-5-11(6-9(8)2)7-12-17-13(15)10(3)14(16)18-12/h4-6H,7H2,1-3H3. The maximum Gasteiger partial charge on any atom is 0.137 e. The third kappa shape index (κ3) is 2.82. The van der Waals surface area contributed by atoms with E-state index in [1.54, 1.807) is 0 Å². The topological polar surface area (TPSA) is 25.8 Å². The molecule has 0 spiro atoms. The molecule has 1 heterocycles. The Balaban J connectivity index is 2.31. The zero-order valence-corrected chi connectivity index (χ0v) is 12.1. The first-order chi connectivity index (χ1) is 8.47. The van der Waals surface area contributed by atoms with Gasteiger partial charge in [0.1, 0.15) is 16.1 Å². The first-order valence-electron chi connectivity index (χ1n) is 5.72. The smallest absolute Gasteiger partial charge is 0.137 e. The predicted molar refractivity (Wildman–Crippen MR) is 75.5 cm³/mol. The Kier molecular flexibility index (Phi) is 3.88. The van der Waals surface area contributed by atoms with Crippen molar-refractivity contribution in [1.29, 1.82) is 0 Å². The predicted octanol–water partition coefficient (Wildman–Crippen LogP) is 4.30. The molecule has 0 fully saturated rings. The molecule has 1 aromatic heterocycles. The lowest BCUT2D eigenvalue weighted by molar-refractivity contribution is 0.954. The van der Waals surface area contributed by atoms with E-state index in [0.29, 0.717) is 22.6 Å². The fraction of sp³-hybridized carbons (Fsp3) is 0.286. The number of benzene rings is 1. The molecule has 2 rings (SSSR count). The van der Waals surface area contributed by atoms with Crippen LogP contribution in [-0.4, -0.2) is 9.97 Å². The van der Waals surface area contributed by atoms with Gasteiger partial charge in [-0.05, 0) is 37.5 Å². The van der Waals surface area contributed by atoms with Crippen LogP contribution in [-0.2, 0) is 6.42 Å². The Hall–Kier alpha value is -1.12. The molecule has 0 aliphatic carbocycles. The summed E-state index contributed by atoms with van der Waals surface area (Å²) in [6, 6.07) is 6.32. The van der Waals surface area contributed by atoms with Crippen molar-refractivity contribution in [3.63, 3.8) is 0 Å². The molecule has 18 heavy (non-hydrogen) atoms. The van der Waals surface area contributed by atoms with Crippen LogP contribution < -0.4 is 0 Å². The van der Waals surface area contributed by atoms with E-state index in [1.807, 2.05) is 6.92 Å². The van der Waals surface area contributed by atoms with Gasteiger partial charge >= 0.3 is 0 Å². The van der Waals surface area contributed by atoms with Crippen LogP contribution in [0.2, 0.25) is 10.3 Å². The van der Waals surface area contributed by atoms with Gasteiger partial charge < -0.3 is 0 Å². The summed E-state index contributed by atoms with van der Waals surface area (Å²) < 4.78 is 0. The molecule has 0 aliphatic rings. The minimum absolute atomic E-state index is 0.425. The Bertz CT molecular complexity index is 571. The van der Waals surface area contributed by atoms with E-state index in [9.17, 15) is 0 Å². The third-order valence-electron chi connectivity index (χ3n) is 3.01. The SMILES string of the molecule is Cc1ccc(Cc2nc(Cl)c(C)c(Cl)n2)cc1C. The van der Waals surface area contributed by atoms with E-state index in [4.69, 9.17) is 23.2 Å².